The molecule has 3 heterocycles. The van der Waals surface area contributed by atoms with Gasteiger partial charge in [0.15, 0.2) is 0 Å². The van der Waals surface area contributed by atoms with Crippen molar-refractivity contribution in [2.45, 2.75) is 63.3 Å². The van der Waals surface area contributed by atoms with Gasteiger partial charge in [0.1, 0.15) is 0 Å². The number of hydrogen-bond donors (Lipinski definition) is 2. The number of benzene rings is 2. The Morgan fingerprint density at radius 2 is 1.40 bits per heavy atom. The number of carbonyl (C=O) groups is 1. The number of hydrazine groups is 1. The fourth-order valence-corrected chi connectivity index (χ4v) is 5.97. The lowest BCUT2D eigenvalue weighted by molar-refractivity contribution is -0.129. The zero-order valence-corrected chi connectivity index (χ0v) is 24.2. The zero-order chi connectivity index (χ0) is 28.6. The number of nitrogens with zero attached hydrogens (tertiary/aromatic N) is 4. The van der Waals surface area contributed by atoms with Crippen molar-refractivity contribution in [2.24, 2.45) is 0 Å². The molecule has 0 spiro atoms. The first-order valence-electron chi connectivity index (χ1n) is 15.1. The van der Waals surface area contributed by atoms with Gasteiger partial charge in [0.25, 0.3) is 0 Å². The maximum Gasteiger partial charge on any atom is 0.244 e. The van der Waals surface area contributed by atoms with Gasteiger partial charge in [-0.3, -0.25) is 25.1 Å². The number of piperidine rings is 1. The quantitative estimate of drug-likeness (QED) is 0.254. The molecule has 2 aromatic carbocycles. The van der Waals surface area contributed by atoms with Gasteiger partial charge < -0.3 is 5.32 Å². The molecule has 1 saturated carbocycles. The van der Waals surface area contributed by atoms with E-state index in [0.717, 1.165) is 81.9 Å². The molecule has 4 aromatic rings. The van der Waals surface area contributed by atoms with Gasteiger partial charge in [-0.05, 0) is 66.6 Å². The van der Waals surface area contributed by atoms with Gasteiger partial charge in [0.2, 0.25) is 5.91 Å². The van der Waals surface area contributed by atoms with Crippen molar-refractivity contribution in [2.75, 3.05) is 13.1 Å². The van der Waals surface area contributed by atoms with E-state index in [1.165, 1.54) is 11.1 Å². The minimum Gasteiger partial charge on any atom is -0.307 e. The number of hydrogen-bond acceptors (Lipinski definition) is 6. The summed E-state index contributed by atoms with van der Waals surface area (Å²) in [5, 5.41) is 5.62. The standard InChI is InChI=1S/C35H40N6O/c42-34(35(18-19-35)30-8-2-1-3-9-30)39-41-22-16-33(17-23-41)40(27-32-11-5-7-21-38-32)26-29-14-12-28(13-15-29)24-36-25-31-10-4-6-20-37-31/h1-15,20-21,33,36H,16-19,22-27H2,(H,39,42). The molecular formula is C35H40N6O. The van der Waals surface area contributed by atoms with Crippen LogP contribution in [0.25, 0.3) is 0 Å². The van der Waals surface area contributed by atoms with Crippen LogP contribution in [0.1, 0.15) is 53.8 Å². The van der Waals surface area contributed by atoms with Crippen molar-refractivity contribution in [3.63, 3.8) is 0 Å². The molecule has 0 bridgehead atoms. The van der Waals surface area contributed by atoms with Crippen LogP contribution >= 0.6 is 0 Å². The van der Waals surface area contributed by atoms with Gasteiger partial charge in [-0.25, -0.2) is 5.01 Å². The second kappa shape index (κ2) is 13.4. The molecule has 2 aliphatic rings. The molecule has 2 aromatic heterocycles. The minimum atomic E-state index is -0.344. The summed E-state index contributed by atoms with van der Waals surface area (Å²) in [4.78, 5) is 24.8. The lowest BCUT2D eigenvalue weighted by Crippen LogP contribution is -2.53. The van der Waals surface area contributed by atoms with Gasteiger partial charge in [-0.2, -0.15) is 0 Å². The highest BCUT2D eigenvalue weighted by Gasteiger charge is 2.51. The Labute approximate surface area is 249 Å². The number of amides is 1. The van der Waals surface area contributed by atoms with Crippen LogP contribution in [0.5, 0.6) is 0 Å². The highest BCUT2D eigenvalue weighted by Crippen LogP contribution is 2.48. The molecule has 7 nitrogen and oxygen atoms in total. The van der Waals surface area contributed by atoms with E-state index in [-0.39, 0.29) is 11.3 Å². The van der Waals surface area contributed by atoms with Crippen molar-refractivity contribution in [3.05, 3.63) is 131 Å². The first-order valence-corrected chi connectivity index (χ1v) is 15.1. The molecule has 216 valence electrons. The van der Waals surface area contributed by atoms with Gasteiger partial charge in [0, 0.05) is 57.7 Å². The Morgan fingerprint density at radius 3 is 2.05 bits per heavy atom. The Balaban J connectivity index is 1.04. The van der Waals surface area contributed by atoms with E-state index in [1.54, 1.807) is 0 Å². The first kappa shape index (κ1) is 28.2. The Hall–Kier alpha value is -3.91. The summed E-state index contributed by atoms with van der Waals surface area (Å²) in [6, 6.07) is 31.7. The summed E-state index contributed by atoms with van der Waals surface area (Å²) in [5.41, 5.74) is 8.75. The van der Waals surface area contributed by atoms with Crippen LogP contribution in [0.2, 0.25) is 0 Å². The van der Waals surface area contributed by atoms with Gasteiger partial charge in [-0.15, -0.1) is 0 Å². The molecule has 42 heavy (non-hydrogen) atoms. The summed E-state index contributed by atoms with van der Waals surface area (Å²) in [6.07, 6.45) is 7.56. The average molecular weight is 561 g/mol. The van der Waals surface area contributed by atoms with Crippen LogP contribution in [0.4, 0.5) is 0 Å². The zero-order valence-electron chi connectivity index (χ0n) is 24.2. The van der Waals surface area contributed by atoms with E-state index in [1.807, 2.05) is 54.9 Å². The van der Waals surface area contributed by atoms with Crippen LogP contribution in [0.15, 0.2) is 103 Å². The van der Waals surface area contributed by atoms with Crippen LogP contribution in [-0.4, -0.2) is 44.9 Å². The number of aromatic nitrogens is 2. The van der Waals surface area contributed by atoms with Gasteiger partial charge in [-0.1, -0.05) is 66.7 Å². The van der Waals surface area contributed by atoms with Crippen LogP contribution in [0, 0.1) is 0 Å². The summed E-state index contributed by atoms with van der Waals surface area (Å²) in [5.74, 6) is 0.145. The predicted molar refractivity (Wildman–Crippen MR) is 165 cm³/mol. The van der Waals surface area contributed by atoms with E-state index in [4.69, 9.17) is 0 Å². The summed E-state index contributed by atoms with van der Waals surface area (Å²) < 4.78 is 0. The molecule has 0 unspecified atom stereocenters. The maximum atomic E-state index is 13.3. The third kappa shape index (κ3) is 7.10. The Morgan fingerprint density at radius 1 is 0.762 bits per heavy atom. The van der Waals surface area contributed by atoms with Crippen molar-refractivity contribution in [1.82, 2.24) is 30.6 Å². The minimum absolute atomic E-state index is 0.145. The van der Waals surface area contributed by atoms with Crippen molar-refractivity contribution in [3.8, 4) is 0 Å². The topological polar surface area (TPSA) is 73.4 Å². The number of pyridine rings is 2. The van der Waals surface area contributed by atoms with E-state index in [2.05, 4.69) is 79.2 Å². The number of nitrogens with one attached hydrogen (secondary N) is 2. The molecule has 1 amide bonds. The van der Waals surface area contributed by atoms with E-state index in [9.17, 15) is 4.79 Å². The third-order valence-electron chi connectivity index (χ3n) is 8.61. The molecule has 2 fully saturated rings. The molecule has 1 aliphatic heterocycles. The molecule has 2 N–H and O–H groups in total. The van der Waals surface area contributed by atoms with Gasteiger partial charge in [0.05, 0.1) is 16.8 Å². The van der Waals surface area contributed by atoms with Crippen LogP contribution in [0.3, 0.4) is 0 Å². The number of rotatable bonds is 12. The maximum absolute atomic E-state index is 13.3. The summed E-state index contributed by atoms with van der Waals surface area (Å²) in [7, 11) is 0. The molecular weight excluding hydrogens is 520 g/mol. The van der Waals surface area contributed by atoms with Crippen molar-refractivity contribution >= 4 is 5.91 Å². The highest BCUT2D eigenvalue weighted by atomic mass is 16.2. The highest BCUT2D eigenvalue weighted by molar-refractivity contribution is 5.90. The molecule has 0 atom stereocenters. The summed E-state index contributed by atoms with van der Waals surface area (Å²) >= 11 is 0. The monoisotopic (exact) mass is 560 g/mol. The largest absolute Gasteiger partial charge is 0.307 e. The average Bonchev–Trinajstić information content (AvgIpc) is 3.86. The lowest BCUT2D eigenvalue weighted by Gasteiger charge is -2.39. The van der Waals surface area contributed by atoms with Crippen molar-refractivity contribution < 1.29 is 4.79 Å². The second-order valence-electron chi connectivity index (χ2n) is 11.6. The predicted octanol–water partition coefficient (Wildman–Crippen LogP) is 5.00. The molecule has 7 heteroatoms. The number of carbonyl (C=O) groups excluding carboxylic acids is 1. The second-order valence-corrected chi connectivity index (χ2v) is 11.6. The third-order valence-corrected chi connectivity index (χ3v) is 8.61. The van der Waals surface area contributed by atoms with E-state index in [0.29, 0.717) is 6.04 Å². The summed E-state index contributed by atoms with van der Waals surface area (Å²) in [6.45, 7) is 4.94. The molecule has 6 rings (SSSR count). The Kier molecular flexibility index (Phi) is 8.99. The fraction of sp³-hybridized carbons (Fsp3) is 0.343. The Bertz CT molecular complexity index is 1400. The van der Waals surface area contributed by atoms with Crippen LogP contribution < -0.4 is 10.7 Å². The van der Waals surface area contributed by atoms with Gasteiger partial charge >= 0.3 is 0 Å². The molecule has 1 saturated heterocycles. The molecule has 1 aliphatic carbocycles. The fourth-order valence-electron chi connectivity index (χ4n) is 5.97. The molecule has 0 radical (unpaired) electrons. The normalized spacial score (nSPS) is 16.8. The lowest BCUT2D eigenvalue weighted by atomic mass is 9.95. The smallest absolute Gasteiger partial charge is 0.244 e. The van der Waals surface area contributed by atoms with Crippen LogP contribution in [-0.2, 0) is 36.4 Å². The van der Waals surface area contributed by atoms with Crippen molar-refractivity contribution in [1.29, 1.82) is 0 Å². The van der Waals surface area contributed by atoms with E-state index >= 15 is 0 Å². The van der Waals surface area contributed by atoms with E-state index < -0.39 is 0 Å². The SMILES string of the molecule is O=C(NN1CCC(N(Cc2ccc(CNCc3ccccn3)cc2)Cc2ccccn2)CC1)C1(c2ccccc2)CC1. The first-order chi connectivity index (χ1) is 20.7.